The molecule has 11 heteroatoms. The maximum Gasteiger partial charge on any atom is 0.411 e. The van der Waals surface area contributed by atoms with Gasteiger partial charge in [0.25, 0.3) is 0 Å². The van der Waals surface area contributed by atoms with E-state index in [1.54, 1.807) is 32.9 Å². The summed E-state index contributed by atoms with van der Waals surface area (Å²) in [6.07, 6.45) is -10.8. The zero-order valence-electron chi connectivity index (χ0n) is 27.4. The summed E-state index contributed by atoms with van der Waals surface area (Å²) in [5, 5.41) is 0. The number of nitrogens with two attached hydrogens (primary N) is 2. The van der Waals surface area contributed by atoms with E-state index in [2.05, 4.69) is 20.8 Å². The molecule has 0 aliphatic heterocycles. The van der Waals surface area contributed by atoms with E-state index in [4.69, 9.17) is 20.9 Å². The van der Waals surface area contributed by atoms with Crippen molar-refractivity contribution in [3.63, 3.8) is 0 Å². The van der Waals surface area contributed by atoms with Gasteiger partial charge in [-0.2, -0.15) is 26.3 Å². The Bertz CT molecular complexity index is 1760. The third-order valence-electron chi connectivity index (χ3n) is 8.31. The molecule has 256 valence electrons. The lowest BCUT2D eigenvalue weighted by atomic mass is 9.72. The van der Waals surface area contributed by atoms with Crippen molar-refractivity contribution in [2.45, 2.75) is 76.7 Å². The number of hydrogen-bond donors (Lipinski definition) is 2. The van der Waals surface area contributed by atoms with Gasteiger partial charge in [-0.3, -0.25) is 4.79 Å². The molecule has 4 aromatic rings. The van der Waals surface area contributed by atoms with E-state index in [1.165, 1.54) is 24.3 Å². The summed E-state index contributed by atoms with van der Waals surface area (Å²) >= 11 is 0. The fraction of sp³-hybridized carbons (Fsp3) is 0.324. The molecule has 0 aromatic heterocycles. The van der Waals surface area contributed by atoms with Crippen molar-refractivity contribution in [2.75, 3.05) is 11.5 Å². The zero-order chi connectivity index (χ0) is 35.9. The van der Waals surface area contributed by atoms with Crippen molar-refractivity contribution in [2.24, 2.45) is 0 Å². The average Bonchev–Trinajstić information content (AvgIpc) is 2.98. The number of ketones is 1. The Hall–Kier alpha value is -4.67. The largest absolute Gasteiger partial charge is 0.486 e. The minimum absolute atomic E-state index is 0.0391. The van der Waals surface area contributed by atoms with Crippen molar-refractivity contribution in [3.8, 4) is 17.2 Å². The predicted octanol–water partition coefficient (Wildman–Crippen LogP) is 10.1. The number of carbonyl (C=O) groups excluding carboxylic acids is 1. The molecule has 4 N–H and O–H groups in total. The number of carbonyl (C=O) groups is 1. The topological polar surface area (TPSA) is 87.6 Å². The minimum atomic E-state index is -5.85. The van der Waals surface area contributed by atoms with E-state index in [0.717, 1.165) is 24.1 Å². The fourth-order valence-electron chi connectivity index (χ4n) is 5.31. The number of ether oxygens (including phenoxy) is 2. The molecule has 0 aliphatic rings. The Kier molecular flexibility index (Phi) is 9.60. The van der Waals surface area contributed by atoms with E-state index in [1.807, 2.05) is 12.1 Å². The Morgan fingerprint density at radius 2 is 1.04 bits per heavy atom. The molecular formula is C37H38F6N2O3. The molecule has 0 heterocycles. The maximum absolute atomic E-state index is 14.7. The number of rotatable bonds is 9. The molecule has 0 fully saturated rings. The maximum atomic E-state index is 14.7. The number of nitrogen functional groups attached to an aromatic ring is 2. The highest BCUT2D eigenvalue weighted by Gasteiger charge is 2.72. The van der Waals surface area contributed by atoms with Crippen LogP contribution in [-0.2, 0) is 10.8 Å². The van der Waals surface area contributed by atoms with Crippen LogP contribution in [0.15, 0.2) is 84.9 Å². The van der Waals surface area contributed by atoms with Crippen LogP contribution >= 0.6 is 0 Å². The van der Waals surface area contributed by atoms with Crippen LogP contribution in [0.5, 0.6) is 17.2 Å². The standard InChI is InChI=1S/C37H38F6N2O3/c1-7-34(5,6)24-12-8-22(9-13-24)32(46)23-10-16-27(17-11-23)47-30-18-14-25(20-28(30)44)35(36(38,39)40,37(41,42)43)26-15-19-31(29(45)21-26)48-33(2,3)4/h8-21H,7,44-45H2,1-6H3. The highest BCUT2D eigenvalue weighted by molar-refractivity contribution is 6.09. The van der Waals surface area contributed by atoms with Crippen LogP contribution in [0.3, 0.4) is 0 Å². The SMILES string of the molecule is CCC(C)(C)c1ccc(C(=O)c2ccc(Oc3ccc(C(c4ccc(OC(C)(C)C)c(N)c4)(C(F)(F)F)C(F)(F)F)cc3N)cc2)cc1. The van der Waals surface area contributed by atoms with Gasteiger partial charge in [-0.25, -0.2) is 0 Å². The first kappa shape index (κ1) is 36.2. The lowest BCUT2D eigenvalue weighted by molar-refractivity contribution is -0.288. The van der Waals surface area contributed by atoms with Crippen LogP contribution in [0.4, 0.5) is 37.7 Å². The monoisotopic (exact) mass is 672 g/mol. The number of anilines is 2. The quantitative estimate of drug-likeness (QED) is 0.105. The van der Waals surface area contributed by atoms with Crippen molar-refractivity contribution in [3.05, 3.63) is 113 Å². The molecule has 4 aromatic carbocycles. The summed E-state index contributed by atoms with van der Waals surface area (Å²) in [7, 11) is 0. The summed E-state index contributed by atoms with van der Waals surface area (Å²) < 4.78 is 99.8. The molecule has 5 nitrogen and oxygen atoms in total. The second kappa shape index (κ2) is 12.7. The molecule has 0 bridgehead atoms. The van der Waals surface area contributed by atoms with Gasteiger partial charge in [-0.1, -0.05) is 57.2 Å². The number of alkyl halides is 6. The van der Waals surface area contributed by atoms with Crippen LogP contribution in [-0.4, -0.2) is 23.7 Å². The van der Waals surface area contributed by atoms with Crippen LogP contribution in [0.1, 0.15) is 80.6 Å². The molecule has 0 aliphatic carbocycles. The molecule has 0 atom stereocenters. The van der Waals surface area contributed by atoms with Gasteiger partial charge in [0.15, 0.2) is 5.78 Å². The first-order valence-corrected chi connectivity index (χ1v) is 15.2. The van der Waals surface area contributed by atoms with E-state index in [9.17, 15) is 31.1 Å². The first-order chi connectivity index (χ1) is 22.1. The second-order valence-electron chi connectivity index (χ2n) is 13.2. The zero-order valence-corrected chi connectivity index (χ0v) is 27.4. The van der Waals surface area contributed by atoms with Gasteiger partial charge >= 0.3 is 12.4 Å². The van der Waals surface area contributed by atoms with E-state index < -0.39 is 45.9 Å². The van der Waals surface area contributed by atoms with Gasteiger partial charge in [-0.15, -0.1) is 0 Å². The average molecular weight is 673 g/mol. The first-order valence-electron chi connectivity index (χ1n) is 15.2. The van der Waals surface area contributed by atoms with Gasteiger partial charge in [0.2, 0.25) is 5.41 Å². The van der Waals surface area contributed by atoms with E-state index in [-0.39, 0.29) is 28.4 Å². The van der Waals surface area contributed by atoms with Gasteiger partial charge in [0.1, 0.15) is 22.8 Å². The summed E-state index contributed by atoms with van der Waals surface area (Å²) in [6, 6.07) is 17.8. The molecule has 4 rings (SSSR count). The molecular weight excluding hydrogens is 634 g/mol. The van der Waals surface area contributed by atoms with Crippen molar-refractivity contribution < 1.29 is 40.6 Å². The van der Waals surface area contributed by atoms with Crippen LogP contribution in [0.25, 0.3) is 0 Å². The highest BCUT2D eigenvalue weighted by atomic mass is 19.4. The Morgan fingerprint density at radius 1 is 0.625 bits per heavy atom. The summed E-state index contributed by atoms with van der Waals surface area (Å²) in [4.78, 5) is 13.1. The third-order valence-corrected chi connectivity index (χ3v) is 8.31. The molecule has 48 heavy (non-hydrogen) atoms. The Labute approximate surface area is 275 Å². The molecule has 0 saturated heterocycles. The van der Waals surface area contributed by atoms with Crippen LogP contribution < -0.4 is 20.9 Å². The lowest BCUT2D eigenvalue weighted by Crippen LogP contribution is -2.54. The minimum Gasteiger partial charge on any atom is -0.486 e. The van der Waals surface area contributed by atoms with Gasteiger partial charge < -0.3 is 20.9 Å². The normalized spacial score (nSPS) is 12.9. The van der Waals surface area contributed by atoms with Crippen molar-refractivity contribution >= 4 is 17.2 Å². The van der Waals surface area contributed by atoms with Crippen molar-refractivity contribution in [1.82, 2.24) is 0 Å². The molecule has 0 saturated carbocycles. The summed E-state index contributed by atoms with van der Waals surface area (Å²) in [5.41, 5.74) is 5.31. The van der Waals surface area contributed by atoms with Crippen LogP contribution in [0, 0.1) is 0 Å². The number of hydrogen-bond acceptors (Lipinski definition) is 5. The molecule has 0 radical (unpaired) electrons. The smallest absolute Gasteiger partial charge is 0.411 e. The fourth-order valence-corrected chi connectivity index (χ4v) is 5.31. The second-order valence-corrected chi connectivity index (χ2v) is 13.2. The van der Waals surface area contributed by atoms with E-state index in [0.29, 0.717) is 35.4 Å². The Morgan fingerprint density at radius 3 is 1.44 bits per heavy atom. The highest BCUT2D eigenvalue weighted by Crippen LogP contribution is 2.57. The number of benzene rings is 4. The van der Waals surface area contributed by atoms with E-state index >= 15 is 0 Å². The van der Waals surface area contributed by atoms with Gasteiger partial charge in [0, 0.05) is 11.1 Å². The van der Waals surface area contributed by atoms with Gasteiger partial charge in [0.05, 0.1) is 11.4 Å². The summed E-state index contributed by atoms with van der Waals surface area (Å²) in [5.74, 6) is -0.320. The Balaban J connectivity index is 1.65. The van der Waals surface area contributed by atoms with Gasteiger partial charge in [-0.05, 0) is 97.8 Å². The third kappa shape index (κ3) is 7.10. The number of halogens is 6. The van der Waals surface area contributed by atoms with Crippen LogP contribution in [0.2, 0.25) is 0 Å². The molecule has 0 unspecified atom stereocenters. The lowest BCUT2D eigenvalue weighted by Gasteiger charge is -2.38. The van der Waals surface area contributed by atoms with Crippen molar-refractivity contribution in [1.29, 1.82) is 0 Å². The summed E-state index contributed by atoms with van der Waals surface area (Å²) in [6.45, 7) is 11.3. The predicted molar refractivity (Wildman–Crippen MR) is 175 cm³/mol. The molecule has 0 spiro atoms. The molecule has 0 amide bonds.